The summed E-state index contributed by atoms with van der Waals surface area (Å²) in [5.74, 6) is 2.42. The number of hydrogen-bond acceptors (Lipinski definition) is 5. The van der Waals surface area contributed by atoms with E-state index >= 15 is 0 Å². The zero-order chi connectivity index (χ0) is 13.7. The quantitative estimate of drug-likeness (QED) is 0.793. The summed E-state index contributed by atoms with van der Waals surface area (Å²) in [4.78, 5) is 12.8. The van der Waals surface area contributed by atoms with E-state index in [-0.39, 0.29) is 0 Å². The van der Waals surface area contributed by atoms with Gasteiger partial charge in [-0.3, -0.25) is 5.10 Å². The lowest BCUT2D eigenvalue weighted by molar-refractivity contribution is 0.826. The summed E-state index contributed by atoms with van der Waals surface area (Å²) < 4.78 is 0. The molecule has 0 aliphatic rings. The number of anilines is 1. The number of halogens is 1. The van der Waals surface area contributed by atoms with Crippen LogP contribution in [0.2, 0.25) is 5.15 Å². The van der Waals surface area contributed by atoms with Gasteiger partial charge in [-0.1, -0.05) is 18.5 Å². The average Bonchev–Trinajstić information content (AvgIpc) is 2.88. The first-order chi connectivity index (χ1) is 9.20. The highest BCUT2D eigenvalue weighted by molar-refractivity contribution is 6.30. The minimum Gasteiger partial charge on any atom is -0.369 e. The van der Waals surface area contributed by atoms with Gasteiger partial charge in [0.05, 0.1) is 0 Å². The third kappa shape index (κ3) is 3.64. The Hall–Kier alpha value is -1.69. The van der Waals surface area contributed by atoms with E-state index in [0.717, 1.165) is 48.8 Å². The molecular weight excluding hydrogens is 264 g/mol. The molecule has 0 aromatic carbocycles. The molecule has 2 aromatic rings. The Morgan fingerprint density at radius 1 is 1.32 bits per heavy atom. The van der Waals surface area contributed by atoms with Crippen molar-refractivity contribution in [2.75, 3.05) is 11.9 Å². The van der Waals surface area contributed by atoms with Gasteiger partial charge in [0.1, 0.15) is 28.9 Å². The van der Waals surface area contributed by atoms with E-state index < -0.39 is 0 Å². The van der Waals surface area contributed by atoms with Crippen LogP contribution in [0.25, 0.3) is 0 Å². The van der Waals surface area contributed by atoms with Crippen LogP contribution >= 0.6 is 11.6 Å². The number of aromatic amines is 1. The second kappa shape index (κ2) is 6.47. The van der Waals surface area contributed by atoms with E-state index in [4.69, 9.17) is 11.6 Å². The topological polar surface area (TPSA) is 79.4 Å². The predicted octanol–water partition coefficient (Wildman–Crippen LogP) is 2.16. The third-order valence-corrected chi connectivity index (χ3v) is 3.09. The molecule has 0 spiro atoms. The van der Waals surface area contributed by atoms with Crippen molar-refractivity contribution in [3.63, 3.8) is 0 Å². The summed E-state index contributed by atoms with van der Waals surface area (Å²) >= 11 is 6.11. The van der Waals surface area contributed by atoms with Crippen molar-refractivity contribution in [1.29, 1.82) is 0 Å². The largest absolute Gasteiger partial charge is 0.369 e. The molecule has 2 aromatic heterocycles. The van der Waals surface area contributed by atoms with Crippen molar-refractivity contribution in [3.05, 3.63) is 28.7 Å². The molecule has 2 rings (SSSR count). The molecule has 2 N–H and O–H groups in total. The molecule has 7 heteroatoms. The SMILES string of the molecule is CCCc1nc(Cl)c(C)c(NCCc2ncn[nH]2)n1. The van der Waals surface area contributed by atoms with E-state index in [1.165, 1.54) is 6.33 Å². The molecule has 0 unspecified atom stereocenters. The maximum absolute atomic E-state index is 6.11. The highest BCUT2D eigenvalue weighted by Gasteiger charge is 2.08. The van der Waals surface area contributed by atoms with Crippen molar-refractivity contribution in [2.24, 2.45) is 0 Å². The molecule has 0 saturated heterocycles. The van der Waals surface area contributed by atoms with E-state index in [1.54, 1.807) is 0 Å². The highest BCUT2D eigenvalue weighted by Crippen LogP contribution is 2.20. The second-order valence-corrected chi connectivity index (χ2v) is 4.62. The van der Waals surface area contributed by atoms with E-state index in [0.29, 0.717) is 5.15 Å². The Morgan fingerprint density at radius 2 is 2.16 bits per heavy atom. The molecule has 0 radical (unpaired) electrons. The van der Waals surface area contributed by atoms with Gasteiger partial charge in [0.2, 0.25) is 0 Å². The smallest absolute Gasteiger partial charge is 0.137 e. The zero-order valence-corrected chi connectivity index (χ0v) is 11.8. The standard InChI is InChI=1S/C12H17ClN6/c1-3-4-10-17-11(13)8(2)12(18-10)14-6-5-9-15-7-16-19-9/h7H,3-6H2,1-2H3,(H,14,17,18)(H,15,16,19). The van der Waals surface area contributed by atoms with Gasteiger partial charge < -0.3 is 5.32 Å². The van der Waals surface area contributed by atoms with Gasteiger partial charge in [-0.15, -0.1) is 0 Å². The number of nitrogens with one attached hydrogen (secondary N) is 2. The first kappa shape index (κ1) is 13.7. The number of nitrogens with zero attached hydrogens (tertiary/aromatic N) is 4. The molecule has 19 heavy (non-hydrogen) atoms. The van der Waals surface area contributed by atoms with Crippen molar-refractivity contribution in [2.45, 2.75) is 33.1 Å². The molecule has 102 valence electrons. The lowest BCUT2D eigenvalue weighted by atomic mass is 10.3. The van der Waals surface area contributed by atoms with Crippen LogP contribution in [0.15, 0.2) is 6.33 Å². The minimum absolute atomic E-state index is 0.514. The normalized spacial score (nSPS) is 10.7. The lowest BCUT2D eigenvalue weighted by Crippen LogP contribution is -2.11. The highest BCUT2D eigenvalue weighted by atomic mass is 35.5. The van der Waals surface area contributed by atoms with Gasteiger partial charge in [-0.25, -0.2) is 15.0 Å². The van der Waals surface area contributed by atoms with Crippen molar-refractivity contribution in [3.8, 4) is 0 Å². The fourth-order valence-corrected chi connectivity index (χ4v) is 1.88. The van der Waals surface area contributed by atoms with Crippen LogP contribution in [0.3, 0.4) is 0 Å². The van der Waals surface area contributed by atoms with Gasteiger partial charge >= 0.3 is 0 Å². The first-order valence-corrected chi connectivity index (χ1v) is 6.69. The molecule has 0 aliphatic heterocycles. The average molecular weight is 281 g/mol. The Kier molecular flexibility index (Phi) is 4.68. The maximum Gasteiger partial charge on any atom is 0.137 e. The maximum atomic E-state index is 6.11. The summed E-state index contributed by atoms with van der Waals surface area (Å²) in [6, 6.07) is 0. The Bertz CT molecular complexity index is 525. The van der Waals surface area contributed by atoms with Gasteiger partial charge in [0.15, 0.2) is 0 Å². The fraction of sp³-hybridized carbons (Fsp3) is 0.500. The van der Waals surface area contributed by atoms with Crippen molar-refractivity contribution >= 4 is 17.4 Å². The van der Waals surface area contributed by atoms with Crippen LogP contribution in [0.4, 0.5) is 5.82 Å². The number of rotatable bonds is 6. The monoisotopic (exact) mass is 280 g/mol. The Balaban J connectivity index is 2.02. The number of aromatic nitrogens is 5. The second-order valence-electron chi connectivity index (χ2n) is 4.26. The summed E-state index contributed by atoms with van der Waals surface area (Å²) in [6.07, 6.45) is 4.08. The number of H-pyrrole nitrogens is 1. The van der Waals surface area contributed by atoms with Crippen LogP contribution < -0.4 is 5.32 Å². The summed E-state index contributed by atoms with van der Waals surface area (Å²) in [7, 11) is 0. The van der Waals surface area contributed by atoms with Crippen LogP contribution in [0, 0.1) is 6.92 Å². The van der Waals surface area contributed by atoms with Crippen LogP contribution in [0.5, 0.6) is 0 Å². The number of hydrogen-bond donors (Lipinski definition) is 2. The molecule has 0 amide bonds. The fourth-order valence-electron chi connectivity index (χ4n) is 1.69. The molecule has 0 fully saturated rings. The third-order valence-electron chi connectivity index (χ3n) is 2.73. The lowest BCUT2D eigenvalue weighted by Gasteiger charge is -2.10. The summed E-state index contributed by atoms with van der Waals surface area (Å²) in [6.45, 7) is 4.72. The van der Waals surface area contributed by atoms with E-state index in [1.807, 2.05) is 6.92 Å². The van der Waals surface area contributed by atoms with Gasteiger partial charge in [0, 0.05) is 24.9 Å². The number of aryl methyl sites for hydroxylation is 1. The summed E-state index contributed by atoms with van der Waals surface area (Å²) in [5, 5.41) is 10.4. The predicted molar refractivity (Wildman–Crippen MR) is 74.4 cm³/mol. The molecule has 0 bridgehead atoms. The Morgan fingerprint density at radius 3 is 2.84 bits per heavy atom. The van der Waals surface area contributed by atoms with Crippen LogP contribution in [-0.2, 0) is 12.8 Å². The zero-order valence-electron chi connectivity index (χ0n) is 11.1. The van der Waals surface area contributed by atoms with Gasteiger partial charge in [-0.2, -0.15) is 5.10 Å². The molecule has 0 saturated carbocycles. The van der Waals surface area contributed by atoms with Crippen LogP contribution in [0.1, 0.15) is 30.6 Å². The molecule has 6 nitrogen and oxygen atoms in total. The van der Waals surface area contributed by atoms with Crippen molar-refractivity contribution < 1.29 is 0 Å². The minimum atomic E-state index is 0.514. The molecule has 0 aliphatic carbocycles. The van der Waals surface area contributed by atoms with Crippen molar-refractivity contribution in [1.82, 2.24) is 25.1 Å². The summed E-state index contributed by atoms with van der Waals surface area (Å²) in [5.41, 5.74) is 0.874. The van der Waals surface area contributed by atoms with E-state index in [9.17, 15) is 0 Å². The van der Waals surface area contributed by atoms with Gasteiger partial charge in [-0.05, 0) is 13.3 Å². The van der Waals surface area contributed by atoms with Crippen LogP contribution in [-0.4, -0.2) is 31.7 Å². The molecule has 2 heterocycles. The molecule has 0 atom stereocenters. The first-order valence-electron chi connectivity index (χ1n) is 6.31. The molecular formula is C12H17ClN6. The van der Waals surface area contributed by atoms with Gasteiger partial charge in [0.25, 0.3) is 0 Å². The Labute approximate surface area is 117 Å². The van der Waals surface area contributed by atoms with E-state index in [2.05, 4.69) is 37.4 Å².